The molecule has 1 aromatic rings. The highest BCUT2D eigenvalue weighted by Gasteiger charge is 2.43. The first-order chi connectivity index (χ1) is 7.73. The number of nitrogens with zero attached hydrogens (tertiary/aromatic N) is 2. The molecular formula is C12H20N2O2. The van der Waals surface area contributed by atoms with Gasteiger partial charge in [0.05, 0.1) is 0 Å². The number of hydrogen-bond donors (Lipinski definition) is 1. The zero-order valence-electron chi connectivity index (χ0n) is 10.0. The standard InChI is InChI=1S/C12H20N2O2/c1-3-14-9-8-13-11(14)10(15)12(16-2)6-4-5-7-12/h8-10,15H,3-7H2,1-2H3. The number of ether oxygens (including phenoxy) is 1. The van der Waals surface area contributed by atoms with Crippen LogP contribution in [0.1, 0.15) is 44.5 Å². The SMILES string of the molecule is CCn1ccnc1C(O)C1(OC)CCCC1. The van der Waals surface area contributed by atoms with E-state index in [1.165, 1.54) is 0 Å². The third-order valence-electron chi connectivity index (χ3n) is 3.69. The lowest BCUT2D eigenvalue weighted by atomic mass is 9.94. The summed E-state index contributed by atoms with van der Waals surface area (Å²) in [6.45, 7) is 2.87. The fourth-order valence-electron chi connectivity index (χ4n) is 2.63. The van der Waals surface area contributed by atoms with Gasteiger partial charge in [0.25, 0.3) is 0 Å². The van der Waals surface area contributed by atoms with E-state index in [0.717, 1.165) is 38.1 Å². The molecule has 1 heterocycles. The molecule has 1 unspecified atom stereocenters. The number of aromatic nitrogens is 2. The Balaban J connectivity index is 2.26. The Morgan fingerprint density at radius 2 is 2.25 bits per heavy atom. The van der Waals surface area contributed by atoms with Crippen molar-refractivity contribution in [3.05, 3.63) is 18.2 Å². The first kappa shape index (κ1) is 11.6. The van der Waals surface area contributed by atoms with E-state index < -0.39 is 11.7 Å². The molecule has 1 N–H and O–H groups in total. The topological polar surface area (TPSA) is 47.3 Å². The van der Waals surface area contributed by atoms with Gasteiger partial charge < -0.3 is 14.4 Å². The van der Waals surface area contributed by atoms with Gasteiger partial charge in [-0.3, -0.25) is 0 Å². The van der Waals surface area contributed by atoms with Crippen molar-refractivity contribution in [2.45, 2.75) is 50.9 Å². The summed E-state index contributed by atoms with van der Waals surface area (Å²) in [6, 6.07) is 0. The minimum Gasteiger partial charge on any atom is -0.382 e. The minimum absolute atomic E-state index is 0.418. The molecule has 1 atom stereocenters. The van der Waals surface area contributed by atoms with Crippen LogP contribution in [0.2, 0.25) is 0 Å². The van der Waals surface area contributed by atoms with Gasteiger partial charge in [-0.15, -0.1) is 0 Å². The van der Waals surface area contributed by atoms with E-state index in [1.54, 1.807) is 13.3 Å². The zero-order chi connectivity index (χ0) is 11.6. The monoisotopic (exact) mass is 224 g/mol. The third-order valence-corrected chi connectivity index (χ3v) is 3.69. The van der Waals surface area contributed by atoms with Crippen LogP contribution in [0.5, 0.6) is 0 Å². The van der Waals surface area contributed by atoms with Crippen LogP contribution in [-0.2, 0) is 11.3 Å². The van der Waals surface area contributed by atoms with Crippen LogP contribution >= 0.6 is 0 Å². The van der Waals surface area contributed by atoms with E-state index >= 15 is 0 Å². The summed E-state index contributed by atoms with van der Waals surface area (Å²) in [7, 11) is 1.69. The van der Waals surface area contributed by atoms with Gasteiger partial charge >= 0.3 is 0 Å². The van der Waals surface area contributed by atoms with Crippen molar-refractivity contribution in [1.82, 2.24) is 9.55 Å². The van der Waals surface area contributed by atoms with Crippen LogP contribution in [-0.4, -0.2) is 27.4 Å². The van der Waals surface area contributed by atoms with E-state index in [2.05, 4.69) is 4.98 Å². The molecule has 0 amide bonds. The number of aryl methyl sites for hydroxylation is 1. The molecule has 1 aliphatic rings. The summed E-state index contributed by atoms with van der Waals surface area (Å²) in [4.78, 5) is 4.26. The highest BCUT2D eigenvalue weighted by atomic mass is 16.5. The molecule has 0 aliphatic heterocycles. The van der Waals surface area contributed by atoms with Crippen molar-refractivity contribution in [2.75, 3.05) is 7.11 Å². The van der Waals surface area contributed by atoms with Crippen molar-refractivity contribution in [3.8, 4) is 0 Å². The van der Waals surface area contributed by atoms with E-state index in [4.69, 9.17) is 4.74 Å². The molecule has 4 nitrogen and oxygen atoms in total. The van der Waals surface area contributed by atoms with E-state index in [0.29, 0.717) is 0 Å². The van der Waals surface area contributed by atoms with Gasteiger partial charge in [0.1, 0.15) is 17.5 Å². The molecular weight excluding hydrogens is 204 g/mol. The maximum Gasteiger partial charge on any atom is 0.141 e. The molecule has 1 fully saturated rings. The number of methoxy groups -OCH3 is 1. The molecule has 2 rings (SSSR count). The molecule has 90 valence electrons. The average molecular weight is 224 g/mol. The molecule has 1 saturated carbocycles. The quantitative estimate of drug-likeness (QED) is 0.849. The van der Waals surface area contributed by atoms with Crippen molar-refractivity contribution in [2.24, 2.45) is 0 Å². The van der Waals surface area contributed by atoms with Crippen LogP contribution in [0.4, 0.5) is 0 Å². The molecule has 0 aromatic carbocycles. The van der Waals surface area contributed by atoms with Crippen LogP contribution in [0.25, 0.3) is 0 Å². The Hall–Kier alpha value is -0.870. The number of imidazole rings is 1. The number of aliphatic hydroxyl groups excluding tert-OH is 1. The van der Waals surface area contributed by atoms with Crippen LogP contribution < -0.4 is 0 Å². The van der Waals surface area contributed by atoms with E-state index in [1.807, 2.05) is 17.7 Å². The second-order valence-corrected chi connectivity index (χ2v) is 4.45. The lowest BCUT2D eigenvalue weighted by Gasteiger charge is -2.32. The van der Waals surface area contributed by atoms with Gasteiger partial charge in [-0.1, -0.05) is 12.8 Å². The Bertz CT molecular complexity index is 343. The normalized spacial score (nSPS) is 21.2. The van der Waals surface area contributed by atoms with Gasteiger partial charge in [0.15, 0.2) is 0 Å². The van der Waals surface area contributed by atoms with Gasteiger partial charge in [-0.25, -0.2) is 4.98 Å². The summed E-state index contributed by atoms with van der Waals surface area (Å²) in [5.74, 6) is 0.728. The highest BCUT2D eigenvalue weighted by molar-refractivity contribution is 5.06. The van der Waals surface area contributed by atoms with Gasteiger partial charge in [0, 0.05) is 26.0 Å². The lowest BCUT2D eigenvalue weighted by molar-refractivity contribution is -0.104. The summed E-state index contributed by atoms with van der Waals surface area (Å²) >= 11 is 0. The fourth-order valence-corrected chi connectivity index (χ4v) is 2.63. The van der Waals surface area contributed by atoms with Crippen molar-refractivity contribution in [1.29, 1.82) is 0 Å². The highest BCUT2D eigenvalue weighted by Crippen LogP contribution is 2.41. The smallest absolute Gasteiger partial charge is 0.141 e. The van der Waals surface area contributed by atoms with Crippen molar-refractivity contribution >= 4 is 0 Å². The molecule has 0 saturated heterocycles. The Kier molecular flexibility index (Phi) is 3.30. The zero-order valence-corrected chi connectivity index (χ0v) is 10.0. The Morgan fingerprint density at radius 1 is 1.56 bits per heavy atom. The largest absolute Gasteiger partial charge is 0.382 e. The molecule has 4 heteroatoms. The molecule has 0 bridgehead atoms. The Labute approximate surface area is 96.3 Å². The first-order valence-corrected chi connectivity index (χ1v) is 5.98. The maximum atomic E-state index is 10.5. The summed E-state index contributed by atoms with van der Waals surface area (Å²) < 4.78 is 7.56. The average Bonchev–Trinajstić information content (AvgIpc) is 2.97. The summed E-state index contributed by atoms with van der Waals surface area (Å²) in [6.07, 6.45) is 7.10. The molecule has 0 radical (unpaired) electrons. The van der Waals surface area contributed by atoms with Crippen molar-refractivity contribution < 1.29 is 9.84 Å². The molecule has 1 aromatic heterocycles. The minimum atomic E-state index is -0.616. The van der Waals surface area contributed by atoms with E-state index in [-0.39, 0.29) is 0 Å². The van der Waals surface area contributed by atoms with Crippen molar-refractivity contribution in [3.63, 3.8) is 0 Å². The number of aliphatic hydroxyl groups is 1. The molecule has 1 aliphatic carbocycles. The predicted octanol–water partition coefficient (Wildman–Crippen LogP) is 1.90. The number of rotatable bonds is 4. The van der Waals surface area contributed by atoms with Gasteiger partial charge in [0.2, 0.25) is 0 Å². The molecule has 16 heavy (non-hydrogen) atoms. The lowest BCUT2D eigenvalue weighted by Crippen LogP contribution is -2.37. The van der Waals surface area contributed by atoms with Crippen LogP contribution in [0.3, 0.4) is 0 Å². The summed E-state index contributed by atoms with van der Waals surface area (Å²) in [5, 5.41) is 10.5. The van der Waals surface area contributed by atoms with Crippen LogP contribution in [0.15, 0.2) is 12.4 Å². The third kappa shape index (κ3) is 1.76. The molecule has 0 spiro atoms. The van der Waals surface area contributed by atoms with Crippen LogP contribution in [0, 0.1) is 0 Å². The predicted molar refractivity (Wildman–Crippen MR) is 61.1 cm³/mol. The number of hydrogen-bond acceptors (Lipinski definition) is 3. The van der Waals surface area contributed by atoms with Gasteiger partial charge in [-0.05, 0) is 19.8 Å². The summed E-state index contributed by atoms with van der Waals surface area (Å²) in [5.41, 5.74) is -0.418. The fraction of sp³-hybridized carbons (Fsp3) is 0.750. The van der Waals surface area contributed by atoms with E-state index in [9.17, 15) is 5.11 Å². The first-order valence-electron chi connectivity index (χ1n) is 5.98. The maximum absolute atomic E-state index is 10.5. The Morgan fingerprint density at radius 3 is 2.81 bits per heavy atom. The second kappa shape index (κ2) is 4.55. The second-order valence-electron chi connectivity index (χ2n) is 4.45. The van der Waals surface area contributed by atoms with Gasteiger partial charge in [-0.2, -0.15) is 0 Å².